The third-order valence-corrected chi connectivity index (χ3v) is 2.66. The first-order valence-corrected chi connectivity index (χ1v) is 5.80. The van der Waals surface area contributed by atoms with Gasteiger partial charge in [-0.1, -0.05) is 0 Å². The van der Waals surface area contributed by atoms with Gasteiger partial charge in [-0.3, -0.25) is 9.59 Å². The molecule has 1 fully saturated rings. The number of rotatable bonds is 4. The van der Waals surface area contributed by atoms with Gasteiger partial charge >= 0.3 is 0 Å². The second-order valence-corrected chi connectivity index (χ2v) is 4.45. The molecule has 0 bridgehead atoms. The smallest absolute Gasteiger partial charge is 0.287 e. The summed E-state index contributed by atoms with van der Waals surface area (Å²) in [7, 11) is 0. The molecule has 2 amide bonds. The first-order chi connectivity index (χ1) is 8.06. The summed E-state index contributed by atoms with van der Waals surface area (Å²) in [4.78, 5) is 23.2. The highest BCUT2D eigenvalue weighted by Crippen LogP contribution is 2.18. The van der Waals surface area contributed by atoms with Crippen LogP contribution < -0.4 is 10.6 Å². The Balaban J connectivity index is 1.86. The monoisotopic (exact) mass is 256 g/mol. The number of hydrogen-bond acceptors (Lipinski definition) is 3. The molecule has 2 N–H and O–H groups in total. The molecule has 1 heterocycles. The van der Waals surface area contributed by atoms with Crippen LogP contribution in [0.3, 0.4) is 0 Å². The van der Waals surface area contributed by atoms with Gasteiger partial charge in [0.25, 0.3) is 5.91 Å². The Labute approximate surface area is 104 Å². The highest BCUT2D eigenvalue weighted by molar-refractivity contribution is 6.29. The van der Waals surface area contributed by atoms with E-state index in [1.165, 1.54) is 12.1 Å². The van der Waals surface area contributed by atoms with Crippen LogP contribution in [0.4, 0.5) is 0 Å². The largest absolute Gasteiger partial charge is 0.440 e. The molecule has 0 spiro atoms. The van der Waals surface area contributed by atoms with Gasteiger partial charge in [0.15, 0.2) is 11.0 Å². The van der Waals surface area contributed by atoms with E-state index in [4.69, 9.17) is 16.0 Å². The molecular formula is C11H13ClN2O3. The molecule has 92 valence electrons. The molecule has 0 saturated heterocycles. The lowest BCUT2D eigenvalue weighted by Gasteiger charge is -2.12. The molecule has 1 aromatic heterocycles. The fourth-order valence-electron chi connectivity index (χ4n) is 1.32. The lowest BCUT2D eigenvalue weighted by Crippen LogP contribution is -2.45. The number of hydrogen-bond donors (Lipinski definition) is 2. The van der Waals surface area contributed by atoms with Crippen LogP contribution in [0.5, 0.6) is 0 Å². The zero-order valence-corrected chi connectivity index (χ0v) is 10.1. The van der Waals surface area contributed by atoms with Crippen molar-refractivity contribution < 1.29 is 14.0 Å². The van der Waals surface area contributed by atoms with Crippen LogP contribution in [0.2, 0.25) is 5.22 Å². The Hall–Kier alpha value is -1.49. The third-order valence-electron chi connectivity index (χ3n) is 2.46. The predicted octanol–water partition coefficient (Wildman–Crippen LogP) is 1.33. The third kappa shape index (κ3) is 3.23. The van der Waals surface area contributed by atoms with E-state index in [1.54, 1.807) is 6.92 Å². The summed E-state index contributed by atoms with van der Waals surface area (Å²) in [5.41, 5.74) is 0. The molecule has 2 rings (SSSR count). The normalized spacial score (nSPS) is 16.4. The Morgan fingerprint density at radius 1 is 1.47 bits per heavy atom. The van der Waals surface area contributed by atoms with E-state index in [9.17, 15) is 9.59 Å². The summed E-state index contributed by atoms with van der Waals surface area (Å²) in [5, 5.41) is 5.49. The summed E-state index contributed by atoms with van der Waals surface area (Å²) in [6.07, 6.45) is 2.03. The number of amides is 2. The number of halogens is 1. The molecule has 1 atom stereocenters. The summed E-state index contributed by atoms with van der Waals surface area (Å²) < 4.78 is 4.94. The van der Waals surface area contributed by atoms with Gasteiger partial charge in [0.05, 0.1) is 0 Å². The van der Waals surface area contributed by atoms with Crippen molar-refractivity contribution in [3.8, 4) is 0 Å². The number of carbonyl (C=O) groups is 2. The zero-order chi connectivity index (χ0) is 12.4. The maximum atomic E-state index is 11.6. The number of carbonyl (C=O) groups excluding carboxylic acids is 2. The average Bonchev–Trinajstić information content (AvgIpc) is 2.97. The summed E-state index contributed by atoms with van der Waals surface area (Å²) >= 11 is 5.55. The lowest BCUT2D eigenvalue weighted by molar-refractivity contribution is -0.122. The van der Waals surface area contributed by atoms with Crippen molar-refractivity contribution in [1.29, 1.82) is 0 Å². The Morgan fingerprint density at radius 3 is 2.71 bits per heavy atom. The number of nitrogens with one attached hydrogen (secondary N) is 2. The van der Waals surface area contributed by atoms with Gasteiger partial charge in [0, 0.05) is 6.04 Å². The second kappa shape index (κ2) is 4.79. The second-order valence-electron chi connectivity index (χ2n) is 4.08. The van der Waals surface area contributed by atoms with Gasteiger partial charge in [-0.15, -0.1) is 0 Å². The molecule has 1 saturated carbocycles. The van der Waals surface area contributed by atoms with Crippen molar-refractivity contribution in [2.24, 2.45) is 0 Å². The van der Waals surface area contributed by atoms with Crippen LogP contribution in [0.25, 0.3) is 0 Å². The number of furan rings is 1. The van der Waals surface area contributed by atoms with Crippen LogP contribution in [-0.2, 0) is 4.79 Å². The summed E-state index contributed by atoms with van der Waals surface area (Å²) in [5.74, 6) is -0.532. The summed E-state index contributed by atoms with van der Waals surface area (Å²) in [6, 6.07) is 2.63. The minimum Gasteiger partial charge on any atom is -0.440 e. The summed E-state index contributed by atoms with van der Waals surface area (Å²) in [6.45, 7) is 1.63. The Kier molecular flexibility index (Phi) is 3.38. The topological polar surface area (TPSA) is 71.3 Å². The molecule has 0 aromatic carbocycles. The van der Waals surface area contributed by atoms with Crippen molar-refractivity contribution in [2.75, 3.05) is 0 Å². The van der Waals surface area contributed by atoms with Crippen molar-refractivity contribution >= 4 is 23.4 Å². The molecule has 5 nitrogen and oxygen atoms in total. The van der Waals surface area contributed by atoms with E-state index in [1.807, 2.05) is 0 Å². The van der Waals surface area contributed by atoms with Crippen LogP contribution in [0, 0.1) is 0 Å². The molecule has 1 aliphatic carbocycles. The van der Waals surface area contributed by atoms with Crippen LogP contribution in [0.1, 0.15) is 30.3 Å². The first-order valence-electron chi connectivity index (χ1n) is 5.43. The van der Waals surface area contributed by atoms with Gasteiger partial charge in [-0.2, -0.15) is 0 Å². The minimum absolute atomic E-state index is 0.0982. The van der Waals surface area contributed by atoms with Gasteiger partial charge in [0.1, 0.15) is 6.04 Å². The molecule has 1 unspecified atom stereocenters. The Bertz CT molecular complexity index is 440. The standard InChI is InChI=1S/C11H13ClN2O3/c1-6(10(15)14-7-2-3-7)13-11(16)8-4-5-9(12)17-8/h4-7H,2-3H2,1H3,(H,13,16)(H,14,15). The molecule has 0 aliphatic heterocycles. The van der Waals surface area contributed by atoms with Crippen molar-refractivity contribution in [3.63, 3.8) is 0 Å². The van der Waals surface area contributed by atoms with E-state index in [0.717, 1.165) is 12.8 Å². The van der Waals surface area contributed by atoms with E-state index >= 15 is 0 Å². The van der Waals surface area contributed by atoms with Gasteiger partial charge in [-0.25, -0.2) is 0 Å². The Morgan fingerprint density at radius 2 is 2.18 bits per heavy atom. The molecule has 1 aromatic rings. The maximum Gasteiger partial charge on any atom is 0.287 e. The SMILES string of the molecule is CC(NC(=O)c1ccc(Cl)o1)C(=O)NC1CC1. The van der Waals surface area contributed by atoms with E-state index < -0.39 is 11.9 Å². The zero-order valence-electron chi connectivity index (χ0n) is 9.33. The first kappa shape index (κ1) is 12.0. The lowest BCUT2D eigenvalue weighted by atomic mass is 10.3. The van der Waals surface area contributed by atoms with Crippen LogP contribution in [-0.4, -0.2) is 23.9 Å². The average molecular weight is 257 g/mol. The molecule has 6 heteroatoms. The van der Waals surface area contributed by atoms with Crippen LogP contribution in [0.15, 0.2) is 16.5 Å². The molecular weight excluding hydrogens is 244 g/mol. The highest BCUT2D eigenvalue weighted by Gasteiger charge is 2.26. The molecule has 0 radical (unpaired) electrons. The van der Waals surface area contributed by atoms with Gasteiger partial charge < -0.3 is 15.1 Å². The maximum absolute atomic E-state index is 11.6. The van der Waals surface area contributed by atoms with E-state index in [2.05, 4.69) is 10.6 Å². The predicted molar refractivity (Wildman–Crippen MR) is 61.8 cm³/mol. The van der Waals surface area contributed by atoms with Crippen molar-refractivity contribution in [1.82, 2.24) is 10.6 Å². The van der Waals surface area contributed by atoms with E-state index in [0.29, 0.717) is 0 Å². The minimum atomic E-state index is -0.591. The molecule has 1 aliphatic rings. The van der Waals surface area contributed by atoms with Crippen LogP contribution >= 0.6 is 11.6 Å². The van der Waals surface area contributed by atoms with Crippen molar-refractivity contribution in [3.05, 3.63) is 23.1 Å². The molecule has 17 heavy (non-hydrogen) atoms. The quantitative estimate of drug-likeness (QED) is 0.854. The van der Waals surface area contributed by atoms with Gasteiger partial charge in [-0.05, 0) is 43.5 Å². The fraction of sp³-hybridized carbons (Fsp3) is 0.455. The van der Waals surface area contributed by atoms with E-state index in [-0.39, 0.29) is 22.9 Å². The van der Waals surface area contributed by atoms with Gasteiger partial charge in [0.2, 0.25) is 5.91 Å². The van der Waals surface area contributed by atoms with Crippen molar-refractivity contribution in [2.45, 2.75) is 31.8 Å². The fourth-order valence-corrected chi connectivity index (χ4v) is 1.47. The highest BCUT2D eigenvalue weighted by atomic mass is 35.5.